The number of para-hydroxylation sites is 1. The second-order valence-corrected chi connectivity index (χ2v) is 5.96. The Morgan fingerprint density at radius 3 is 2.50 bits per heavy atom. The Balaban J connectivity index is 2.44. The molecule has 0 spiro atoms. The van der Waals surface area contributed by atoms with Crippen molar-refractivity contribution in [1.29, 1.82) is 0 Å². The van der Waals surface area contributed by atoms with Gasteiger partial charge in [-0.05, 0) is 36.8 Å². The Morgan fingerprint density at radius 1 is 1.15 bits per heavy atom. The first kappa shape index (κ1) is 14.2. The van der Waals surface area contributed by atoms with Crippen molar-refractivity contribution < 1.29 is 18.3 Å². The van der Waals surface area contributed by atoms with Crippen molar-refractivity contribution in [1.82, 2.24) is 0 Å². The number of sulfonamides is 1. The molecule has 0 amide bonds. The number of aromatic hydroxyl groups is 1. The minimum Gasteiger partial charge on any atom is -0.506 e. The van der Waals surface area contributed by atoms with Gasteiger partial charge in [0.05, 0.1) is 12.0 Å². The molecule has 2 aromatic rings. The fourth-order valence-electron chi connectivity index (χ4n) is 1.77. The van der Waals surface area contributed by atoms with Crippen LogP contribution in [0.5, 0.6) is 11.5 Å². The molecule has 2 aromatic carbocycles. The monoisotopic (exact) mass is 293 g/mol. The summed E-state index contributed by atoms with van der Waals surface area (Å²) in [7, 11) is -2.38. The highest BCUT2D eigenvalue weighted by atomic mass is 32.2. The fourth-order valence-corrected chi connectivity index (χ4v) is 2.96. The predicted octanol–water partition coefficient (Wildman–Crippen LogP) is 2.51. The second-order valence-electron chi connectivity index (χ2n) is 4.28. The molecule has 5 nitrogen and oxygen atoms in total. The molecule has 0 saturated heterocycles. The van der Waals surface area contributed by atoms with Crippen LogP contribution in [-0.4, -0.2) is 20.6 Å². The maximum absolute atomic E-state index is 12.3. The average Bonchev–Trinajstić information content (AvgIpc) is 2.41. The molecule has 2 N–H and O–H groups in total. The lowest BCUT2D eigenvalue weighted by Crippen LogP contribution is -2.13. The van der Waals surface area contributed by atoms with Gasteiger partial charge in [-0.3, -0.25) is 4.72 Å². The van der Waals surface area contributed by atoms with Gasteiger partial charge >= 0.3 is 0 Å². The van der Waals surface area contributed by atoms with Crippen LogP contribution in [-0.2, 0) is 10.0 Å². The van der Waals surface area contributed by atoms with Crippen LogP contribution in [0.2, 0.25) is 0 Å². The molecular weight excluding hydrogens is 278 g/mol. The molecule has 0 aliphatic carbocycles. The number of hydrogen-bond donors (Lipinski definition) is 2. The lowest BCUT2D eigenvalue weighted by Gasteiger charge is -2.13. The normalized spacial score (nSPS) is 11.1. The van der Waals surface area contributed by atoms with Gasteiger partial charge < -0.3 is 9.84 Å². The van der Waals surface area contributed by atoms with Crippen LogP contribution >= 0.6 is 0 Å². The quantitative estimate of drug-likeness (QED) is 0.849. The smallest absolute Gasteiger partial charge is 0.262 e. The van der Waals surface area contributed by atoms with E-state index in [0.717, 1.165) is 5.56 Å². The van der Waals surface area contributed by atoms with Gasteiger partial charge in [0.2, 0.25) is 0 Å². The summed E-state index contributed by atoms with van der Waals surface area (Å²) in [5, 5.41) is 9.78. The fraction of sp³-hybridized carbons (Fsp3) is 0.143. The van der Waals surface area contributed by atoms with Gasteiger partial charge in [0.1, 0.15) is 17.2 Å². The SMILES string of the molecule is COc1cccc(O)c1NS(=O)(=O)c1cccc(C)c1. The van der Waals surface area contributed by atoms with Crippen molar-refractivity contribution in [3.05, 3.63) is 48.0 Å². The first-order valence-corrected chi connectivity index (χ1v) is 7.38. The van der Waals surface area contributed by atoms with Crippen LogP contribution in [0.1, 0.15) is 5.56 Å². The highest BCUT2D eigenvalue weighted by Gasteiger charge is 2.19. The van der Waals surface area contributed by atoms with Crippen LogP contribution in [0.25, 0.3) is 0 Å². The van der Waals surface area contributed by atoms with Gasteiger partial charge in [0, 0.05) is 0 Å². The number of benzene rings is 2. The molecule has 0 saturated carbocycles. The molecule has 0 radical (unpaired) electrons. The molecule has 0 aromatic heterocycles. The number of phenols is 1. The first-order chi connectivity index (χ1) is 9.44. The van der Waals surface area contributed by atoms with Crippen LogP contribution in [0, 0.1) is 6.92 Å². The Labute approximate surface area is 117 Å². The standard InChI is InChI=1S/C14H15NO4S/c1-10-5-3-6-11(9-10)20(17,18)15-14-12(16)7-4-8-13(14)19-2/h3-9,15-16H,1-2H3. The number of phenolic OH excluding ortho intramolecular Hbond substituents is 1. The van der Waals surface area contributed by atoms with Gasteiger partial charge in [0.25, 0.3) is 10.0 Å². The van der Waals surface area contributed by atoms with Crippen molar-refractivity contribution in [2.45, 2.75) is 11.8 Å². The van der Waals surface area contributed by atoms with E-state index in [1.165, 1.54) is 19.2 Å². The topological polar surface area (TPSA) is 75.6 Å². The van der Waals surface area contributed by atoms with Crippen LogP contribution in [0.3, 0.4) is 0 Å². The van der Waals surface area contributed by atoms with Crippen LogP contribution in [0.15, 0.2) is 47.4 Å². The zero-order chi connectivity index (χ0) is 14.8. The molecule has 0 unspecified atom stereocenters. The lowest BCUT2D eigenvalue weighted by atomic mass is 10.2. The number of hydrogen-bond acceptors (Lipinski definition) is 4. The van der Waals surface area contributed by atoms with Crippen molar-refractivity contribution in [3.63, 3.8) is 0 Å². The zero-order valence-electron chi connectivity index (χ0n) is 11.1. The molecule has 0 atom stereocenters. The van der Waals surface area contributed by atoms with E-state index in [4.69, 9.17) is 4.74 Å². The number of rotatable bonds is 4. The molecule has 0 fully saturated rings. The van der Waals surface area contributed by atoms with E-state index in [9.17, 15) is 13.5 Å². The van der Waals surface area contributed by atoms with Crippen LogP contribution in [0.4, 0.5) is 5.69 Å². The Kier molecular flexibility index (Phi) is 3.85. The minimum absolute atomic E-state index is 0.0245. The van der Waals surface area contributed by atoms with Crippen molar-refractivity contribution in [2.75, 3.05) is 11.8 Å². The minimum atomic E-state index is -3.78. The summed E-state index contributed by atoms with van der Waals surface area (Å²) in [6.07, 6.45) is 0. The van der Waals surface area contributed by atoms with E-state index >= 15 is 0 Å². The summed E-state index contributed by atoms with van der Waals surface area (Å²) in [4.78, 5) is 0.128. The molecule has 0 heterocycles. The molecule has 0 aliphatic heterocycles. The van der Waals surface area contributed by atoms with E-state index < -0.39 is 10.0 Å². The van der Waals surface area contributed by atoms with Crippen molar-refractivity contribution in [3.8, 4) is 11.5 Å². The summed E-state index contributed by atoms with van der Waals surface area (Å²) < 4.78 is 32.0. The highest BCUT2D eigenvalue weighted by molar-refractivity contribution is 7.92. The van der Waals surface area contributed by atoms with Gasteiger partial charge in [-0.15, -0.1) is 0 Å². The lowest BCUT2D eigenvalue weighted by molar-refractivity contribution is 0.411. The highest BCUT2D eigenvalue weighted by Crippen LogP contribution is 2.34. The van der Waals surface area contributed by atoms with Crippen LogP contribution < -0.4 is 9.46 Å². The van der Waals surface area contributed by atoms with E-state index in [-0.39, 0.29) is 22.1 Å². The molecule has 0 bridgehead atoms. The molecule has 6 heteroatoms. The maximum atomic E-state index is 12.3. The molecule has 0 aliphatic rings. The van der Waals surface area contributed by atoms with Gasteiger partial charge in [-0.2, -0.15) is 0 Å². The third-order valence-corrected chi connectivity index (χ3v) is 4.11. The van der Waals surface area contributed by atoms with E-state index in [1.807, 2.05) is 0 Å². The van der Waals surface area contributed by atoms with Gasteiger partial charge in [0.15, 0.2) is 0 Å². The zero-order valence-corrected chi connectivity index (χ0v) is 11.9. The second kappa shape index (κ2) is 5.42. The number of ether oxygens (including phenoxy) is 1. The van der Waals surface area contributed by atoms with Gasteiger partial charge in [-0.1, -0.05) is 18.2 Å². The summed E-state index contributed by atoms with van der Waals surface area (Å²) >= 11 is 0. The first-order valence-electron chi connectivity index (χ1n) is 5.89. The Morgan fingerprint density at radius 2 is 1.85 bits per heavy atom. The molecule has 2 rings (SSSR count). The number of anilines is 1. The average molecular weight is 293 g/mol. The van der Waals surface area contributed by atoms with E-state index in [0.29, 0.717) is 0 Å². The third-order valence-electron chi connectivity index (χ3n) is 2.76. The van der Waals surface area contributed by atoms with Crippen molar-refractivity contribution >= 4 is 15.7 Å². The maximum Gasteiger partial charge on any atom is 0.262 e. The summed E-state index contributed by atoms with van der Waals surface area (Å²) in [6, 6.07) is 11.0. The number of methoxy groups -OCH3 is 1. The summed E-state index contributed by atoms with van der Waals surface area (Å²) in [6.45, 7) is 1.81. The van der Waals surface area contributed by atoms with E-state index in [1.54, 1.807) is 37.3 Å². The third kappa shape index (κ3) is 2.85. The molecular formula is C14H15NO4S. The van der Waals surface area contributed by atoms with Gasteiger partial charge in [-0.25, -0.2) is 8.42 Å². The predicted molar refractivity (Wildman–Crippen MR) is 76.6 cm³/mol. The molecule has 106 valence electrons. The number of nitrogens with one attached hydrogen (secondary N) is 1. The number of aryl methyl sites for hydroxylation is 1. The summed E-state index contributed by atoms with van der Waals surface area (Å²) in [5.74, 6) is 0.0572. The van der Waals surface area contributed by atoms with E-state index in [2.05, 4.69) is 4.72 Å². The summed E-state index contributed by atoms with van der Waals surface area (Å²) in [5.41, 5.74) is 0.855. The van der Waals surface area contributed by atoms with Crippen molar-refractivity contribution in [2.24, 2.45) is 0 Å². The molecule has 20 heavy (non-hydrogen) atoms. The largest absolute Gasteiger partial charge is 0.506 e. The Bertz CT molecular complexity index is 726. The Hall–Kier alpha value is -2.21.